The molecule has 0 spiro atoms. The van der Waals surface area contributed by atoms with Crippen molar-refractivity contribution >= 4 is 44.7 Å². The van der Waals surface area contributed by atoms with Crippen LogP contribution in [0.25, 0.3) is 10.2 Å². The molecule has 3 aromatic rings. The van der Waals surface area contributed by atoms with Crippen molar-refractivity contribution in [1.29, 1.82) is 0 Å². The first-order valence-corrected chi connectivity index (χ1v) is 7.19. The molecule has 3 rings (SSSR count). The minimum Gasteiger partial charge on any atom is -0.316 e. The molecule has 0 saturated heterocycles. The Morgan fingerprint density at radius 2 is 2.35 bits per heavy atom. The predicted molar refractivity (Wildman–Crippen MR) is 78.3 cm³/mol. The maximum Gasteiger partial charge on any atom is 0.295 e. The second kappa shape index (κ2) is 5.18. The van der Waals surface area contributed by atoms with Crippen LogP contribution in [0.15, 0.2) is 17.6 Å². The van der Waals surface area contributed by atoms with Crippen LogP contribution in [0.5, 0.6) is 0 Å². The van der Waals surface area contributed by atoms with Gasteiger partial charge < -0.3 is 5.32 Å². The van der Waals surface area contributed by atoms with E-state index in [1.54, 1.807) is 11.6 Å². The Kier molecular flexibility index (Phi) is 3.37. The lowest BCUT2D eigenvalue weighted by atomic mass is 10.3. The van der Waals surface area contributed by atoms with Crippen molar-refractivity contribution in [2.24, 2.45) is 0 Å². The number of thiazole rings is 1. The Balaban J connectivity index is 1.94. The molecular formula is C12H10ClN5OS. The molecule has 0 aliphatic carbocycles. The number of amides is 1. The van der Waals surface area contributed by atoms with Gasteiger partial charge >= 0.3 is 0 Å². The van der Waals surface area contributed by atoms with Gasteiger partial charge in [0.25, 0.3) is 5.91 Å². The zero-order valence-electron chi connectivity index (χ0n) is 10.5. The van der Waals surface area contributed by atoms with Crippen molar-refractivity contribution in [3.63, 3.8) is 0 Å². The first-order valence-electron chi connectivity index (χ1n) is 5.93. The van der Waals surface area contributed by atoms with Crippen molar-refractivity contribution in [2.45, 2.75) is 13.3 Å². The summed E-state index contributed by atoms with van der Waals surface area (Å²) in [6.07, 6.45) is 0.683. The molecule has 2 aromatic heterocycles. The number of nitrogens with zero attached hydrogens (tertiary/aromatic N) is 3. The van der Waals surface area contributed by atoms with Gasteiger partial charge in [0.15, 0.2) is 0 Å². The van der Waals surface area contributed by atoms with Gasteiger partial charge in [0.05, 0.1) is 20.9 Å². The molecule has 20 heavy (non-hydrogen) atoms. The third-order valence-electron chi connectivity index (χ3n) is 2.76. The fraction of sp³-hybridized carbons (Fsp3) is 0.167. The molecule has 2 N–H and O–H groups in total. The van der Waals surface area contributed by atoms with Gasteiger partial charge in [-0.2, -0.15) is 0 Å². The molecule has 2 heterocycles. The Morgan fingerprint density at radius 3 is 3.10 bits per heavy atom. The molecule has 6 nitrogen and oxygen atoms in total. The zero-order valence-corrected chi connectivity index (χ0v) is 12.0. The highest BCUT2D eigenvalue weighted by atomic mass is 35.5. The van der Waals surface area contributed by atoms with Crippen LogP contribution in [-0.4, -0.2) is 26.1 Å². The van der Waals surface area contributed by atoms with Crippen LogP contribution in [0.3, 0.4) is 0 Å². The summed E-state index contributed by atoms with van der Waals surface area (Å²) in [6, 6.07) is 3.60. The quantitative estimate of drug-likeness (QED) is 0.779. The average Bonchev–Trinajstić information content (AvgIpc) is 3.09. The minimum absolute atomic E-state index is 0.0881. The molecule has 0 bridgehead atoms. The number of aromatic nitrogens is 4. The summed E-state index contributed by atoms with van der Waals surface area (Å²) < 4.78 is 0.953. The number of halogens is 1. The van der Waals surface area contributed by atoms with E-state index in [4.69, 9.17) is 11.6 Å². The third-order valence-corrected chi connectivity index (χ3v) is 3.87. The number of carbonyl (C=O) groups is 1. The highest BCUT2D eigenvalue weighted by molar-refractivity contribution is 7.16. The summed E-state index contributed by atoms with van der Waals surface area (Å²) in [5.41, 5.74) is 2.86. The van der Waals surface area contributed by atoms with Gasteiger partial charge in [0.2, 0.25) is 5.82 Å². The smallest absolute Gasteiger partial charge is 0.295 e. The molecule has 0 aliphatic heterocycles. The van der Waals surface area contributed by atoms with Crippen molar-refractivity contribution in [2.75, 3.05) is 5.32 Å². The van der Waals surface area contributed by atoms with Crippen molar-refractivity contribution in [3.05, 3.63) is 34.3 Å². The molecule has 0 radical (unpaired) electrons. The van der Waals surface area contributed by atoms with Crippen LogP contribution < -0.4 is 5.32 Å². The molecule has 1 amide bonds. The zero-order chi connectivity index (χ0) is 14.1. The van der Waals surface area contributed by atoms with E-state index >= 15 is 0 Å². The van der Waals surface area contributed by atoms with Crippen LogP contribution in [0.2, 0.25) is 5.02 Å². The number of aromatic amines is 1. The van der Waals surface area contributed by atoms with Gasteiger partial charge in [-0.25, -0.2) is 9.97 Å². The highest BCUT2D eigenvalue weighted by Crippen LogP contribution is 2.32. The monoisotopic (exact) mass is 307 g/mol. The number of H-pyrrole nitrogens is 1. The van der Waals surface area contributed by atoms with E-state index in [0.717, 1.165) is 4.70 Å². The lowest BCUT2D eigenvalue weighted by molar-refractivity contribution is 0.101. The predicted octanol–water partition coefficient (Wildman–Crippen LogP) is 2.88. The van der Waals surface area contributed by atoms with Crippen LogP contribution in [0.1, 0.15) is 23.4 Å². The first-order chi connectivity index (χ1) is 9.69. The SMILES string of the molecule is CCc1nc(C(=O)Nc2c(Cl)ccc3scnc23)n[nH]1. The summed E-state index contributed by atoms with van der Waals surface area (Å²) in [4.78, 5) is 20.4. The number of hydrogen-bond acceptors (Lipinski definition) is 5. The van der Waals surface area contributed by atoms with Gasteiger partial charge in [0.1, 0.15) is 11.3 Å². The molecule has 0 saturated carbocycles. The fourth-order valence-corrected chi connectivity index (χ4v) is 2.63. The van der Waals surface area contributed by atoms with Crippen molar-refractivity contribution < 1.29 is 4.79 Å². The topological polar surface area (TPSA) is 83.6 Å². The Morgan fingerprint density at radius 1 is 1.50 bits per heavy atom. The molecule has 1 aromatic carbocycles. The molecule has 0 unspecified atom stereocenters. The van der Waals surface area contributed by atoms with E-state index in [-0.39, 0.29) is 5.82 Å². The molecule has 0 aliphatic rings. The normalized spacial score (nSPS) is 10.9. The van der Waals surface area contributed by atoms with Crippen LogP contribution in [0.4, 0.5) is 5.69 Å². The van der Waals surface area contributed by atoms with E-state index in [9.17, 15) is 4.79 Å². The standard InChI is InChI=1S/C12H10ClN5OS/c1-2-8-15-11(18-17-8)12(19)16-9-6(13)3-4-7-10(9)14-5-20-7/h3-5H,2H2,1H3,(H,16,19)(H,15,17,18). The number of rotatable bonds is 3. The lowest BCUT2D eigenvalue weighted by Crippen LogP contribution is -2.14. The van der Waals surface area contributed by atoms with Gasteiger partial charge in [-0.15, -0.1) is 16.4 Å². The number of anilines is 1. The van der Waals surface area contributed by atoms with Crippen molar-refractivity contribution in [3.8, 4) is 0 Å². The van der Waals surface area contributed by atoms with E-state index in [1.165, 1.54) is 11.3 Å². The largest absolute Gasteiger partial charge is 0.316 e. The van der Waals surface area contributed by atoms with E-state index < -0.39 is 5.91 Å². The van der Waals surface area contributed by atoms with E-state index in [0.29, 0.717) is 28.5 Å². The van der Waals surface area contributed by atoms with Gasteiger partial charge in [0, 0.05) is 6.42 Å². The molecule has 102 valence electrons. The molecule has 0 fully saturated rings. The first kappa shape index (κ1) is 13.0. The summed E-state index contributed by atoms with van der Waals surface area (Å²) in [7, 11) is 0. The lowest BCUT2D eigenvalue weighted by Gasteiger charge is -2.05. The van der Waals surface area contributed by atoms with Crippen LogP contribution in [-0.2, 0) is 6.42 Å². The fourth-order valence-electron chi connectivity index (χ4n) is 1.75. The maximum atomic E-state index is 12.1. The summed E-state index contributed by atoms with van der Waals surface area (Å²) in [5.74, 6) is 0.335. The van der Waals surface area contributed by atoms with Gasteiger partial charge in [-0.1, -0.05) is 18.5 Å². The summed E-state index contributed by atoms with van der Waals surface area (Å²) >= 11 is 7.61. The van der Waals surface area contributed by atoms with Gasteiger partial charge in [-0.3, -0.25) is 9.89 Å². The second-order valence-electron chi connectivity index (χ2n) is 4.03. The number of aryl methyl sites for hydroxylation is 1. The third kappa shape index (κ3) is 2.25. The number of carbonyl (C=O) groups excluding carboxylic acids is 1. The molecule has 8 heteroatoms. The summed E-state index contributed by atoms with van der Waals surface area (Å²) in [5, 5.41) is 9.73. The molecular weight excluding hydrogens is 298 g/mol. The van der Waals surface area contributed by atoms with Crippen molar-refractivity contribution in [1.82, 2.24) is 20.2 Å². The number of fused-ring (bicyclic) bond motifs is 1. The van der Waals surface area contributed by atoms with E-state index in [2.05, 4.69) is 25.5 Å². The Bertz CT molecular complexity index is 781. The average molecular weight is 308 g/mol. The van der Waals surface area contributed by atoms with Crippen LogP contribution in [0, 0.1) is 0 Å². The number of hydrogen-bond donors (Lipinski definition) is 2. The maximum absolute atomic E-state index is 12.1. The second-order valence-corrected chi connectivity index (χ2v) is 5.33. The minimum atomic E-state index is -0.414. The molecule has 0 atom stereocenters. The van der Waals surface area contributed by atoms with Gasteiger partial charge in [-0.05, 0) is 12.1 Å². The van der Waals surface area contributed by atoms with E-state index in [1.807, 2.05) is 13.0 Å². The Hall–Kier alpha value is -1.99. The number of nitrogens with one attached hydrogen (secondary N) is 2. The Labute approximate surface area is 123 Å². The highest BCUT2D eigenvalue weighted by Gasteiger charge is 2.16. The summed E-state index contributed by atoms with van der Waals surface area (Å²) in [6.45, 7) is 1.93. The number of benzene rings is 1. The van der Waals surface area contributed by atoms with Crippen LogP contribution >= 0.6 is 22.9 Å².